The van der Waals surface area contributed by atoms with E-state index in [4.69, 9.17) is 0 Å². The van der Waals surface area contributed by atoms with Crippen LogP contribution in [0.4, 0.5) is 30.8 Å². The quantitative estimate of drug-likeness (QED) is 0.720. The lowest BCUT2D eigenvalue weighted by Gasteiger charge is -2.14. The Kier molecular flexibility index (Phi) is 4.37. The zero-order chi connectivity index (χ0) is 18.8. The van der Waals surface area contributed by atoms with Crippen molar-refractivity contribution >= 4 is 23.2 Å². The molecule has 8 nitrogen and oxygen atoms in total. The standard InChI is InChI=1S/C17H15F2N7O/c18-16(19)26-10-12(9-22-26)23-14-5-6-20-15(24-14)11-1-3-13(4-2-11)25-8-7-21-17(25)27/h1-6,9-10,16H,7-8H2,(H,21,27)(H,20,23,24). The normalized spacial score (nSPS) is 13.9. The van der Waals surface area contributed by atoms with E-state index in [0.29, 0.717) is 35.1 Å². The molecule has 0 saturated carbocycles. The van der Waals surface area contributed by atoms with E-state index in [9.17, 15) is 13.6 Å². The molecule has 3 aromatic rings. The van der Waals surface area contributed by atoms with Crippen molar-refractivity contribution in [1.29, 1.82) is 0 Å². The average Bonchev–Trinajstić information content (AvgIpc) is 3.31. The summed E-state index contributed by atoms with van der Waals surface area (Å²) < 4.78 is 25.7. The predicted octanol–water partition coefficient (Wildman–Crippen LogP) is 3.01. The van der Waals surface area contributed by atoms with Gasteiger partial charge in [-0.05, 0) is 30.3 Å². The molecular formula is C17H15F2N7O. The van der Waals surface area contributed by atoms with Crippen molar-refractivity contribution in [2.24, 2.45) is 0 Å². The van der Waals surface area contributed by atoms with Gasteiger partial charge >= 0.3 is 12.6 Å². The van der Waals surface area contributed by atoms with Crippen molar-refractivity contribution in [3.8, 4) is 11.4 Å². The van der Waals surface area contributed by atoms with E-state index < -0.39 is 6.55 Å². The van der Waals surface area contributed by atoms with Crippen LogP contribution in [0.25, 0.3) is 11.4 Å². The maximum atomic E-state index is 12.6. The second-order valence-corrected chi connectivity index (χ2v) is 5.81. The van der Waals surface area contributed by atoms with E-state index in [1.165, 1.54) is 12.4 Å². The van der Waals surface area contributed by atoms with E-state index in [2.05, 4.69) is 25.7 Å². The van der Waals surface area contributed by atoms with Gasteiger partial charge in [0.15, 0.2) is 5.82 Å². The largest absolute Gasteiger partial charge is 0.338 e. The van der Waals surface area contributed by atoms with Crippen molar-refractivity contribution in [3.05, 3.63) is 48.9 Å². The lowest BCUT2D eigenvalue weighted by Crippen LogP contribution is -2.27. The van der Waals surface area contributed by atoms with Gasteiger partial charge in [0, 0.05) is 30.5 Å². The van der Waals surface area contributed by atoms with E-state index in [-0.39, 0.29) is 6.03 Å². The number of anilines is 3. The summed E-state index contributed by atoms with van der Waals surface area (Å²) >= 11 is 0. The highest BCUT2D eigenvalue weighted by Gasteiger charge is 2.20. The summed E-state index contributed by atoms with van der Waals surface area (Å²) in [6, 6.07) is 8.83. The molecule has 0 bridgehead atoms. The highest BCUT2D eigenvalue weighted by Crippen LogP contribution is 2.23. The molecule has 2 amide bonds. The summed E-state index contributed by atoms with van der Waals surface area (Å²) in [5.41, 5.74) is 1.96. The Balaban J connectivity index is 1.52. The first-order valence-electron chi connectivity index (χ1n) is 8.18. The van der Waals surface area contributed by atoms with Gasteiger partial charge in [-0.25, -0.2) is 19.4 Å². The van der Waals surface area contributed by atoms with E-state index in [1.54, 1.807) is 17.2 Å². The van der Waals surface area contributed by atoms with Crippen LogP contribution in [0.2, 0.25) is 0 Å². The maximum Gasteiger partial charge on any atom is 0.333 e. The minimum atomic E-state index is -2.70. The van der Waals surface area contributed by atoms with Crippen molar-refractivity contribution in [1.82, 2.24) is 25.1 Å². The highest BCUT2D eigenvalue weighted by atomic mass is 19.3. The molecule has 4 rings (SSSR count). The Hall–Kier alpha value is -3.56. The summed E-state index contributed by atoms with van der Waals surface area (Å²) in [6.07, 6.45) is 4.07. The summed E-state index contributed by atoms with van der Waals surface area (Å²) in [7, 11) is 0. The van der Waals surface area contributed by atoms with Crippen LogP contribution < -0.4 is 15.5 Å². The minimum absolute atomic E-state index is 0.116. The number of nitrogens with one attached hydrogen (secondary N) is 2. The number of urea groups is 1. The van der Waals surface area contributed by atoms with Gasteiger partial charge in [-0.2, -0.15) is 13.9 Å². The minimum Gasteiger partial charge on any atom is -0.338 e. The SMILES string of the molecule is O=C1NCCN1c1ccc(-c2nccc(Nc3cnn(C(F)F)c3)n2)cc1. The molecule has 1 saturated heterocycles. The predicted molar refractivity (Wildman–Crippen MR) is 95.0 cm³/mol. The number of benzene rings is 1. The molecule has 1 aliphatic heterocycles. The fraction of sp³-hybridized carbons (Fsp3) is 0.176. The number of amides is 2. The third kappa shape index (κ3) is 3.54. The van der Waals surface area contributed by atoms with Gasteiger partial charge in [-0.3, -0.25) is 4.90 Å². The fourth-order valence-electron chi connectivity index (χ4n) is 2.73. The smallest absolute Gasteiger partial charge is 0.333 e. The molecule has 0 radical (unpaired) electrons. The van der Waals surface area contributed by atoms with E-state index in [0.717, 1.165) is 11.3 Å². The van der Waals surface area contributed by atoms with Crippen molar-refractivity contribution in [2.45, 2.75) is 6.55 Å². The molecule has 0 atom stereocenters. The molecule has 0 aliphatic carbocycles. The highest BCUT2D eigenvalue weighted by molar-refractivity contribution is 5.94. The molecule has 0 unspecified atom stereocenters. The molecule has 3 heterocycles. The van der Waals surface area contributed by atoms with E-state index in [1.807, 2.05) is 24.3 Å². The molecule has 138 valence electrons. The summed E-state index contributed by atoms with van der Waals surface area (Å²) in [4.78, 5) is 22.0. The van der Waals surface area contributed by atoms with Crippen LogP contribution in [-0.4, -0.2) is 38.9 Å². The molecule has 2 N–H and O–H groups in total. The van der Waals surface area contributed by atoms with Crippen LogP contribution in [-0.2, 0) is 0 Å². The first kappa shape index (κ1) is 16.9. The number of alkyl halides is 2. The second kappa shape index (κ2) is 6.98. The zero-order valence-corrected chi connectivity index (χ0v) is 14.0. The Morgan fingerprint density at radius 1 is 1.19 bits per heavy atom. The second-order valence-electron chi connectivity index (χ2n) is 5.81. The Morgan fingerprint density at radius 3 is 2.67 bits per heavy atom. The van der Waals surface area contributed by atoms with Crippen LogP contribution >= 0.6 is 0 Å². The number of aromatic nitrogens is 4. The monoisotopic (exact) mass is 371 g/mol. The van der Waals surface area contributed by atoms with Crippen LogP contribution in [0.1, 0.15) is 6.55 Å². The van der Waals surface area contributed by atoms with Crippen LogP contribution in [0.3, 0.4) is 0 Å². The third-order valence-corrected chi connectivity index (χ3v) is 4.02. The van der Waals surface area contributed by atoms with Gasteiger partial charge < -0.3 is 10.6 Å². The van der Waals surface area contributed by atoms with E-state index >= 15 is 0 Å². The first-order valence-corrected chi connectivity index (χ1v) is 8.18. The van der Waals surface area contributed by atoms with Gasteiger partial charge in [0.25, 0.3) is 0 Å². The fourth-order valence-corrected chi connectivity index (χ4v) is 2.73. The molecule has 1 fully saturated rings. The van der Waals surface area contributed by atoms with Crippen LogP contribution in [0.5, 0.6) is 0 Å². The summed E-state index contributed by atoms with van der Waals surface area (Å²) in [6.45, 7) is -1.45. The number of carbonyl (C=O) groups excluding carboxylic acids is 1. The molecular weight excluding hydrogens is 356 g/mol. The van der Waals surface area contributed by atoms with Crippen molar-refractivity contribution in [2.75, 3.05) is 23.3 Å². The number of halogens is 2. The lowest BCUT2D eigenvalue weighted by molar-refractivity contribution is 0.0566. The average molecular weight is 371 g/mol. The third-order valence-electron chi connectivity index (χ3n) is 4.02. The van der Waals surface area contributed by atoms with Crippen molar-refractivity contribution < 1.29 is 13.6 Å². The lowest BCUT2D eigenvalue weighted by atomic mass is 10.2. The Bertz CT molecular complexity index is 958. The summed E-state index contributed by atoms with van der Waals surface area (Å²) in [5.74, 6) is 0.926. The number of hydrogen-bond acceptors (Lipinski definition) is 5. The molecule has 10 heteroatoms. The van der Waals surface area contributed by atoms with Gasteiger partial charge in [-0.15, -0.1) is 0 Å². The number of hydrogen-bond donors (Lipinski definition) is 2. The number of carbonyl (C=O) groups is 1. The zero-order valence-electron chi connectivity index (χ0n) is 14.0. The number of nitrogens with zero attached hydrogens (tertiary/aromatic N) is 5. The van der Waals surface area contributed by atoms with Gasteiger partial charge in [0.1, 0.15) is 5.82 Å². The summed E-state index contributed by atoms with van der Waals surface area (Å²) in [5, 5.41) is 9.25. The molecule has 1 aromatic carbocycles. The van der Waals surface area contributed by atoms with Gasteiger partial charge in [0.2, 0.25) is 0 Å². The van der Waals surface area contributed by atoms with Gasteiger partial charge in [0.05, 0.1) is 18.1 Å². The van der Waals surface area contributed by atoms with Crippen LogP contribution in [0, 0.1) is 0 Å². The Morgan fingerprint density at radius 2 is 2.00 bits per heavy atom. The maximum absolute atomic E-state index is 12.6. The molecule has 1 aliphatic rings. The van der Waals surface area contributed by atoms with Crippen molar-refractivity contribution in [3.63, 3.8) is 0 Å². The molecule has 0 spiro atoms. The number of rotatable bonds is 5. The topological polar surface area (TPSA) is 88.0 Å². The van der Waals surface area contributed by atoms with Gasteiger partial charge in [-0.1, -0.05) is 0 Å². The first-order chi connectivity index (χ1) is 13.1. The molecule has 27 heavy (non-hydrogen) atoms. The van der Waals surface area contributed by atoms with Crippen LogP contribution in [0.15, 0.2) is 48.9 Å². The Labute approximate surface area is 152 Å². The molecule has 2 aromatic heterocycles.